The van der Waals surface area contributed by atoms with Crippen molar-refractivity contribution < 1.29 is 4.42 Å². The van der Waals surface area contributed by atoms with Crippen LogP contribution in [0, 0.1) is 0 Å². The Balaban J connectivity index is 2.18. The summed E-state index contributed by atoms with van der Waals surface area (Å²) in [6, 6.07) is 20.1. The molecule has 0 aliphatic rings. The summed E-state index contributed by atoms with van der Waals surface area (Å²) in [5.41, 5.74) is 1.41. The highest BCUT2D eigenvalue weighted by Gasteiger charge is 2.18. The second-order valence-electron chi connectivity index (χ2n) is 5.74. The minimum absolute atomic E-state index is 0.124. The number of nitrogens with zero attached hydrogens (tertiary/aromatic N) is 1. The lowest BCUT2D eigenvalue weighted by Gasteiger charge is -2.15. The summed E-state index contributed by atoms with van der Waals surface area (Å²) in [5, 5.41) is 2.51. The third-order valence-electron chi connectivity index (χ3n) is 4.43. The predicted octanol–water partition coefficient (Wildman–Crippen LogP) is 3.69. The van der Waals surface area contributed by atoms with Crippen LogP contribution in [0.3, 0.4) is 0 Å². The zero-order chi connectivity index (χ0) is 16.3. The maximum Gasteiger partial charge on any atom is 0.344 e. The van der Waals surface area contributed by atoms with Gasteiger partial charge in [-0.2, -0.15) is 0 Å². The average molecular weight is 313 g/mol. The summed E-state index contributed by atoms with van der Waals surface area (Å²) < 4.78 is 7.06. The molecule has 0 spiro atoms. The van der Waals surface area contributed by atoms with E-state index in [2.05, 4.69) is 0 Å². The smallest absolute Gasteiger partial charge is 0.344 e. The molecule has 0 fully saturated rings. The lowest BCUT2D eigenvalue weighted by Crippen LogP contribution is -2.20. The molecule has 0 saturated heterocycles. The molecule has 0 N–H and O–H groups in total. The first-order chi connectivity index (χ1) is 11.8. The Hall–Kier alpha value is -3.40. The number of hydrogen-bond acceptors (Lipinski definition) is 3. The van der Waals surface area contributed by atoms with Crippen LogP contribution in [0.25, 0.3) is 38.3 Å². The number of para-hydroxylation sites is 1. The Morgan fingerprint density at radius 3 is 2.29 bits per heavy atom. The zero-order valence-corrected chi connectivity index (χ0v) is 12.5. The van der Waals surface area contributed by atoms with Crippen LogP contribution in [0.5, 0.6) is 0 Å². The summed E-state index contributed by atoms with van der Waals surface area (Å²) in [6.45, 7) is 0. The fourth-order valence-corrected chi connectivity index (χ4v) is 3.43. The largest absolute Gasteiger partial charge is 0.422 e. The lowest BCUT2D eigenvalue weighted by molar-refractivity contribution is 0.570. The molecule has 0 bridgehead atoms. The third kappa shape index (κ3) is 1.57. The van der Waals surface area contributed by atoms with Crippen LogP contribution >= 0.6 is 0 Å². The summed E-state index contributed by atoms with van der Waals surface area (Å²) in [5.74, 6) is 0. The van der Waals surface area contributed by atoms with Crippen molar-refractivity contribution >= 4 is 32.6 Å². The van der Waals surface area contributed by atoms with E-state index in [0.29, 0.717) is 27.3 Å². The number of pyridine rings is 1. The molecule has 2 aromatic heterocycles. The SMILES string of the molecule is O=c1oc2cccc3c(=O)n(-c4ccccc4)c4cccc1c4c23. The van der Waals surface area contributed by atoms with Crippen molar-refractivity contribution in [2.45, 2.75) is 0 Å². The Morgan fingerprint density at radius 1 is 0.708 bits per heavy atom. The molecular formula is C20H11NO3. The molecule has 3 aromatic carbocycles. The Bertz CT molecular complexity index is 1330. The zero-order valence-electron chi connectivity index (χ0n) is 12.5. The molecule has 0 amide bonds. The first-order valence-electron chi connectivity index (χ1n) is 7.64. The molecule has 5 aromatic rings. The van der Waals surface area contributed by atoms with Gasteiger partial charge in [0.05, 0.1) is 16.3 Å². The van der Waals surface area contributed by atoms with E-state index in [-0.39, 0.29) is 11.2 Å². The standard InChI is InChI=1S/C20H11NO3/c22-19-13-8-5-11-16-18(13)17-14(20(23)24-16)9-4-10-15(17)21(19)12-6-2-1-3-7-12/h1-11H. The second kappa shape index (κ2) is 4.55. The van der Waals surface area contributed by atoms with E-state index < -0.39 is 0 Å². The predicted molar refractivity (Wildman–Crippen MR) is 94.3 cm³/mol. The fraction of sp³-hybridized carbons (Fsp3) is 0. The van der Waals surface area contributed by atoms with Gasteiger partial charge < -0.3 is 4.42 Å². The van der Waals surface area contributed by atoms with Gasteiger partial charge in [-0.3, -0.25) is 9.36 Å². The molecule has 0 atom stereocenters. The van der Waals surface area contributed by atoms with Gasteiger partial charge in [0.2, 0.25) is 0 Å². The highest BCUT2D eigenvalue weighted by Crippen LogP contribution is 2.31. The second-order valence-corrected chi connectivity index (χ2v) is 5.74. The molecule has 0 aliphatic heterocycles. The monoisotopic (exact) mass is 313 g/mol. The van der Waals surface area contributed by atoms with Crippen molar-refractivity contribution in [3.05, 3.63) is 87.5 Å². The Kier molecular flexibility index (Phi) is 2.48. The molecule has 114 valence electrons. The van der Waals surface area contributed by atoms with Gasteiger partial charge in [-0.15, -0.1) is 0 Å². The van der Waals surface area contributed by atoms with E-state index >= 15 is 0 Å². The van der Waals surface area contributed by atoms with Crippen LogP contribution in [0.15, 0.2) is 80.7 Å². The third-order valence-corrected chi connectivity index (χ3v) is 4.43. The minimum atomic E-state index is -0.390. The van der Waals surface area contributed by atoms with Crippen LogP contribution in [-0.2, 0) is 0 Å². The van der Waals surface area contributed by atoms with Crippen molar-refractivity contribution in [3.63, 3.8) is 0 Å². The van der Waals surface area contributed by atoms with Crippen molar-refractivity contribution in [3.8, 4) is 5.69 Å². The average Bonchev–Trinajstić information content (AvgIpc) is 2.62. The molecule has 4 heteroatoms. The Labute approximate surface area is 135 Å². The van der Waals surface area contributed by atoms with Crippen LogP contribution in [-0.4, -0.2) is 4.57 Å². The fourth-order valence-electron chi connectivity index (χ4n) is 3.43. The summed E-state index contributed by atoms with van der Waals surface area (Å²) >= 11 is 0. The molecule has 0 aliphatic carbocycles. The summed E-state index contributed by atoms with van der Waals surface area (Å²) in [6.07, 6.45) is 0. The van der Waals surface area contributed by atoms with Gasteiger partial charge >= 0.3 is 5.63 Å². The van der Waals surface area contributed by atoms with E-state index in [0.717, 1.165) is 11.1 Å². The molecule has 4 nitrogen and oxygen atoms in total. The van der Waals surface area contributed by atoms with E-state index in [1.807, 2.05) is 36.4 Å². The number of aromatic nitrogens is 1. The molecule has 0 radical (unpaired) electrons. The highest BCUT2D eigenvalue weighted by molar-refractivity contribution is 6.20. The van der Waals surface area contributed by atoms with Crippen molar-refractivity contribution in [2.75, 3.05) is 0 Å². The topological polar surface area (TPSA) is 52.2 Å². The summed E-state index contributed by atoms with van der Waals surface area (Å²) in [7, 11) is 0. The van der Waals surface area contributed by atoms with Crippen LogP contribution in [0.1, 0.15) is 0 Å². The van der Waals surface area contributed by atoms with Crippen molar-refractivity contribution in [1.82, 2.24) is 4.57 Å². The molecule has 2 heterocycles. The van der Waals surface area contributed by atoms with Crippen LogP contribution in [0.2, 0.25) is 0 Å². The van der Waals surface area contributed by atoms with Crippen molar-refractivity contribution in [2.24, 2.45) is 0 Å². The Morgan fingerprint density at radius 2 is 1.46 bits per heavy atom. The van der Waals surface area contributed by atoms with E-state index in [9.17, 15) is 9.59 Å². The van der Waals surface area contributed by atoms with Gasteiger partial charge in [0.1, 0.15) is 5.58 Å². The van der Waals surface area contributed by atoms with E-state index in [1.165, 1.54) is 0 Å². The first-order valence-corrected chi connectivity index (χ1v) is 7.64. The lowest BCUT2D eigenvalue weighted by atomic mass is 10.0. The number of rotatable bonds is 1. The van der Waals surface area contributed by atoms with E-state index in [1.54, 1.807) is 34.9 Å². The van der Waals surface area contributed by atoms with Gasteiger partial charge in [-0.25, -0.2) is 4.79 Å². The van der Waals surface area contributed by atoms with Gasteiger partial charge in [-0.1, -0.05) is 30.3 Å². The molecule has 0 unspecified atom stereocenters. The van der Waals surface area contributed by atoms with Gasteiger partial charge in [0.25, 0.3) is 5.56 Å². The van der Waals surface area contributed by atoms with Gasteiger partial charge in [-0.05, 0) is 36.4 Å². The number of hydrogen-bond donors (Lipinski definition) is 0. The molecule has 5 rings (SSSR count). The molecule has 0 saturated carbocycles. The van der Waals surface area contributed by atoms with Gasteiger partial charge in [0, 0.05) is 16.5 Å². The maximum atomic E-state index is 13.1. The van der Waals surface area contributed by atoms with Crippen molar-refractivity contribution in [1.29, 1.82) is 0 Å². The molecular weight excluding hydrogens is 302 g/mol. The first kappa shape index (κ1) is 13.1. The van der Waals surface area contributed by atoms with E-state index in [4.69, 9.17) is 4.42 Å². The van der Waals surface area contributed by atoms with Gasteiger partial charge in [0.15, 0.2) is 0 Å². The quantitative estimate of drug-likeness (QED) is 0.350. The maximum absolute atomic E-state index is 13.1. The van der Waals surface area contributed by atoms with Crippen LogP contribution < -0.4 is 11.2 Å². The highest BCUT2D eigenvalue weighted by atomic mass is 16.4. The number of benzene rings is 3. The summed E-state index contributed by atoms with van der Waals surface area (Å²) in [4.78, 5) is 25.5. The molecule has 24 heavy (non-hydrogen) atoms. The minimum Gasteiger partial charge on any atom is -0.422 e. The normalized spacial score (nSPS) is 11.7. The van der Waals surface area contributed by atoms with Crippen LogP contribution in [0.4, 0.5) is 0 Å².